The second-order valence-corrected chi connectivity index (χ2v) is 7.30. The standard InChI is InChI=1S/C18H24F3N3O2/c19-10-14(20)12-26-15-9-13(1-8-22-15)11-23-16(25)24-18-5-2-17(21,3-6-18)4-7-18/h1,8-9,14H,2-7,10-12H2,(H2,23,24,25). The van der Waals surface area contributed by atoms with Crippen LogP contribution in [0.3, 0.4) is 0 Å². The molecule has 3 saturated carbocycles. The number of hydrogen-bond donors (Lipinski definition) is 2. The van der Waals surface area contributed by atoms with E-state index >= 15 is 0 Å². The molecule has 3 aliphatic rings. The topological polar surface area (TPSA) is 63.2 Å². The third-order valence-electron chi connectivity index (χ3n) is 5.37. The van der Waals surface area contributed by atoms with Gasteiger partial charge in [-0.05, 0) is 50.2 Å². The lowest BCUT2D eigenvalue weighted by molar-refractivity contribution is -0.00342. The monoisotopic (exact) mass is 371 g/mol. The van der Waals surface area contributed by atoms with Crippen molar-refractivity contribution in [3.05, 3.63) is 23.9 Å². The molecule has 0 aliphatic heterocycles. The van der Waals surface area contributed by atoms with Crippen molar-refractivity contribution < 1.29 is 22.7 Å². The summed E-state index contributed by atoms with van der Waals surface area (Å²) in [5.41, 5.74) is -0.602. The van der Waals surface area contributed by atoms with Gasteiger partial charge in [0.1, 0.15) is 19.0 Å². The van der Waals surface area contributed by atoms with Crippen LogP contribution in [0.25, 0.3) is 0 Å². The van der Waals surface area contributed by atoms with Gasteiger partial charge in [0.15, 0.2) is 6.17 Å². The van der Waals surface area contributed by atoms with Gasteiger partial charge in [-0.3, -0.25) is 0 Å². The third-order valence-corrected chi connectivity index (χ3v) is 5.37. The molecule has 5 nitrogen and oxygen atoms in total. The van der Waals surface area contributed by atoms with Crippen LogP contribution in [-0.2, 0) is 6.54 Å². The van der Waals surface area contributed by atoms with Crippen LogP contribution in [-0.4, -0.2) is 41.7 Å². The number of alkyl halides is 3. The Bertz CT molecular complexity index is 619. The lowest BCUT2D eigenvalue weighted by atomic mass is 9.64. The number of carbonyl (C=O) groups is 1. The van der Waals surface area contributed by atoms with Gasteiger partial charge in [0.25, 0.3) is 0 Å². The maximum absolute atomic E-state index is 14.2. The van der Waals surface area contributed by atoms with E-state index in [4.69, 9.17) is 4.74 Å². The van der Waals surface area contributed by atoms with Crippen molar-refractivity contribution in [3.63, 3.8) is 0 Å². The summed E-state index contributed by atoms with van der Waals surface area (Å²) in [5.74, 6) is 0.179. The van der Waals surface area contributed by atoms with Gasteiger partial charge in [-0.2, -0.15) is 0 Å². The van der Waals surface area contributed by atoms with Crippen LogP contribution in [0, 0.1) is 0 Å². The first-order chi connectivity index (χ1) is 12.4. The molecule has 1 atom stereocenters. The highest BCUT2D eigenvalue weighted by atomic mass is 19.2. The number of urea groups is 1. The van der Waals surface area contributed by atoms with E-state index in [2.05, 4.69) is 15.6 Å². The summed E-state index contributed by atoms with van der Waals surface area (Å²) in [6.45, 7) is -1.26. The number of aromatic nitrogens is 1. The molecule has 2 bridgehead atoms. The van der Waals surface area contributed by atoms with Crippen LogP contribution < -0.4 is 15.4 Å². The normalized spacial score (nSPS) is 28.4. The predicted octanol–water partition coefficient (Wildman–Crippen LogP) is 3.38. The average Bonchev–Trinajstić information content (AvgIpc) is 2.66. The predicted molar refractivity (Wildman–Crippen MR) is 90.2 cm³/mol. The van der Waals surface area contributed by atoms with Crippen LogP contribution in [0.4, 0.5) is 18.0 Å². The Morgan fingerprint density at radius 2 is 1.96 bits per heavy atom. The van der Waals surface area contributed by atoms with E-state index in [9.17, 15) is 18.0 Å². The van der Waals surface area contributed by atoms with Gasteiger partial charge < -0.3 is 15.4 Å². The minimum atomic E-state index is -1.68. The van der Waals surface area contributed by atoms with Gasteiger partial charge in [0.2, 0.25) is 5.88 Å². The number of hydrogen-bond acceptors (Lipinski definition) is 3. The van der Waals surface area contributed by atoms with E-state index in [1.807, 2.05) is 0 Å². The van der Waals surface area contributed by atoms with Crippen molar-refractivity contribution in [1.82, 2.24) is 15.6 Å². The lowest BCUT2D eigenvalue weighted by Gasteiger charge is -2.49. The van der Waals surface area contributed by atoms with Crippen molar-refractivity contribution in [2.75, 3.05) is 13.3 Å². The first-order valence-corrected chi connectivity index (χ1v) is 8.95. The second kappa shape index (κ2) is 7.72. The van der Waals surface area contributed by atoms with Crippen molar-refractivity contribution in [3.8, 4) is 5.88 Å². The van der Waals surface area contributed by atoms with Crippen LogP contribution in [0.1, 0.15) is 44.1 Å². The number of amides is 2. The summed E-state index contributed by atoms with van der Waals surface area (Å²) in [7, 11) is 0. The first kappa shape index (κ1) is 18.8. The molecule has 2 N–H and O–H groups in total. The Morgan fingerprint density at radius 1 is 1.27 bits per heavy atom. The highest BCUT2D eigenvalue weighted by Crippen LogP contribution is 2.48. The molecular weight excluding hydrogens is 347 g/mol. The summed E-state index contributed by atoms with van der Waals surface area (Å²) >= 11 is 0. The Labute approximate surface area is 150 Å². The van der Waals surface area contributed by atoms with E-state index in [1.165, 1.54) is 6.20 Å². The maximum Gasteiger partial charge on any atom is 0.315 e. The molecule has 4 rings (SSSR count). The molecule has 3 fully saturated rings. The van der Waals surface area contributed by atoms with Crippen LogP contribution in [0.15, 0.2) is 18.3 Å². The summed E-state index contributed by atoms with van der Waals surface area (Å²) < 4.78 is 44.3. The number of halogens is 3. The average molecular weight is 371 g/mol. The molecule has 2 amide bonds. The van der Waals surface area contributed by atoms with Crippen molar-refractivity contribution in [1.29, 1.82) is 0 Å². The Morgan fingerprint density at radius 3 is 2.62 bits per heavy atom. The molecular formula is C18H24F3N3O2. The second-order valence-electron chi connectivity index (χ2n) is 7.30. The summed E-state index contributed by atoms with van der Waals surface area (Å²) in [6.07, 6.45) is 3.33. The molecule has 144 valence electrons. The van der Waals surface area contributed by atoms with Gasteiger partial charge >= 0.3 is 6.03 Å². The zero-order valence-corrected chi connectivity index (χ0v) is 14.6. The summed E-state index contributed by atoms with van der Waals surface area (Å²) in [4.78, 5) is 16.2. The molecule has 0 radical (unpaired) electrons. The zero-order valence-electron chi connectivity index (χ0n) is 14.6. The third kappa shape index (κ3) is 4.59. The summed E-state index contributed by atoms with van der Waals surface area (Å²) in [6, 6.07) is 2.98. The fraction of sp³-hybridized carbons (Fsp3) is 0.667. The van der Waals surface area contributed by atoms with Gasteiger partial charge in [-0.1, -0.05) is 0 Å². The van der Waals surface area contributed by atoms with E-state index in [1.54, 1.807) is 12.1 Å². The molecule has 1 aromatic rings. The zero-order chi connectivity index (χ0) is 18.6. The number of nitrogens with zero attached hydrogens (tertiary/aromatic N) is 1. The van der Waals surface area contributed by atoms with Crippen molar-refractivity contribution in [2.45, 2.75) is 62.4 Å². The van der Waals surface area contributed by atoms with Crippen LogP contribution in [0.5, 0.6) is 5.88 Å². The van der Waals surface area contributed by atoms with E-state index < -0.39 is 25.1 Å². The Hall–Kier alpha value is -1.99. The quantitative estimate of drug-likeness (QED) is 0.772. The van der Waals surface area contributed by atoms with Gasteiger partial charge in [-0.25, -0.2) is 22.9 Å². The van der Waals surface area contributed by atoms with Gasteiger partial charge in [-0.15, -0.1) is 0 Å². The van der Waals surface area contributed by atoms with Crippen LogP contribution in [0.2, 0.25) is 0 Å². The smallest absolute Gasteiger partial charge is 0.315 e. The lowest BCUT2D eigenvalue weighted by Crippen LogP contribution is -2.59. The molecule has 0 spiro atoms. The number of ether oxygens (including phenoxy) is 1. The SMILES string of the molecule is O=C(NCc1ccnc(OCC(F)CF)c1)NC12CCC(F)(CC1)CC2. The van der Waals surface area contributed by atoms with E-state index in [0.717, 1.165) is 5.56 Å². The maximum atomic E-state index is 14.2. The fourth-order valence-electron chi connectivity index (χ4n) is 3.65. The minimum absolute atomic E-state index is 0.179. The fourth-order valence-corrected chi connectivity index (χ4v) is 3.65. The van der Waals surface area contributed by atoms with Crippen molar-refractivity contribution in [2.24, 2.45) is 0 Å². The Kier molecular flexibility index (Phi) is 5.58. The minimum Gasteiger partial charge on any atom is -0.474 e. The largest absolute Gasteiger partial charge is 0.474 e. The van der Waals surface area contributed by atoms with Crippen molar-refractivity contribution >= 4 is 6.03 Å². The molecule has 1 heterocycles. The number of carbonyl (C=O) groups excluding carboxylic acids is 1. The number of fused-ring (bicyclic) bond motifs is 3. The first-order valence-electron chi connectivity index (χ1n) is 8.95. The molecule has 8 heteroatoms. The molecule has 3 aliphatic carbocycles. The van der Waals surface area contributed by atoms with Gasteiger partial charge in [0, 0.05) is 24.3 Å². The molecule has 26 heavy (non-hydrogen) atoms. The van der Waals surface area contributed by atoms with E-state index in [0.29, 0.717) is 38.5 Å². The molecule has 1 aromatic heterocycles. The van der Waals surface area contributed by atoms with E-state index in [-0.39, 0.29) is 24.0 Å². The highest BCUT2D eigenvalue weighted by Gasteiger charge is 2.49. The molecule has 0 saturated heterocycles. The number of pyridine rings is 1. The van der Waals surface area contributed by atoms with Crippen LogP contribution >= 0.6 is 0 Å². The number of nitrogens with one attached hydrogen (secondary N) is 2. The Balaban J connectivity index is 1.47. The molecule has 0 aromatic carbocycles. The highest BCUT2D eigenvalue weighted by molar-refractivity contribution is 5.74. The summed E-state index contributed by atoms with van der Waals surface area (Å²) in [5, 5.41) is 5.79. The number of rotatable bonds is 7. The van der Waals surface area contributed by atoms with Gasteiger partial charge in [0.05, 0.1) is 0 Å². The molecule has 1 unspecified atom stereocenters.